The number of aldehydes is 1. The number of hydrogen-bond acceptors (Lipinski definition) is 4. The number of methoxy groups -OCH3 is 1. The van der Waals surface area contributed by atoms with Crippen LogP contribution in [-0.2, 0) is 14.3 Å². The maximum Gasteiger partial charge on any atom is 0.343 e. The molecule has 0 aromatic heterocycles. The van der Waals surface area contributed by atoms with Crippen molar-refractivity contribution in [3.8, 4) is 5.75 Å². The van der Waals surface area contributed by atoms with E-state index in [1.165, 1.54) is 7.11 Å². The highest BCUT2D eigenvalue weighted by Crippen LogP contribution is 2.13. The predicted octanol–water partition coefficient (Wildman–Crippen LogP) is 1.84. The van der Waals surface area contributed by atoms with Crippen LogP contribution in [0.1, 0.15) is 12.0 Å². The lowest BCUT2D eigenvalue weighted by Gasteiger charge is -2.04. The van der Waals surface area contributed by atoms with Crippen LogP contribution in [0.15, 0.2) is 30.3 Å². The maximum atomic E-state index is 10.8. The molecular weight excluding hydrogens is 220 g/mol. The molecule has 0 aliphatic heterocycles. The van der Waals surface area contributed by atoms with Gasteiger partial charge in [-0.1, -0.05) is 24.3 Å². The molecule has 0 aliphatic rings. The van der Waals surface area contributed by atoms with Crippen molar-refractivity contribution in [1.82, 2.24) is 0 Å². The van der Waals surface area contributed by atoms with E-state index in [2.05, 4.69) is 4.74 Å². The Balaban J connectivity index is 2.50. The van der Waals surface area contributed by atoms with E-state index in [4.69, 9.17) is 4.74 Å². The number of benzene rings is 1. The first-order valence-corrected chi connectivity index (χ1v) is 5.16. The van der Waals surface area contributed by atoms with E-state index in [-0.39, 0.29) is 6.61 Å². The summed E-state index contributed by atoms with van der Waals surface area (Å²) in [6.45, 7) is -0.100. The number of hydrogen-bond donors (Lipinski definition) is 0. The topological polar surface area (TPSA) is 52.6 Å². The van der Waals surface area contributed by atoms with Gasteiger partial charge in [-0.3, -0.25) is 0 Å². The molecule has 0 saturated carbocycles. The largest absolute Gasteiger partial charge is 0.482 e. The fraction of sp³-hybridized carbons (Fsp3) is 0.231. The van der Waals surface area contributed by atoms with Crippen molar-refractivity contribution in [1.29, 1.82) is 0 Å². The minimum absolute atomic E-state index is 0.100. The average molecular weight is 234 g/mol. The zero-order chi connectivity index (χ0) is 12.5. The zero-order valence-corrected chi connectivity index (χ0v) is 9.59. The molecule has 0 radical (unpaired) electrons. The Bertz CT molecular complexity index is 392. The molecule has 0 amide bonds. The number of ether oxygens (including phenoxy) is 2. The first-order chi connectivity index (χ1) is 8.26. The van der Waals surface area contributed by atoms with E-state index in [1.807, 2.05) is 18.2 Å². The van der Waals surface area contributed by atoms with Crippen LogP contribution in [0.2, 0.25) is 0 Å². The van der Waals surface area contributed by atoms with Gasteiger partial charge in [0.1, 0.15) is 12.0 Å². The Kier molecular flexibility index (Phi) is 5.51. The molecule has 0 saturated heterocycles. The molecular formula is C13H14O4. The highest BCUT2D eigenvalue weighted by atomic mass is 16.6. The fourth-order valence-corrected chi connectivity index (χ4v) is 1.14. The summed E-state index contributed by atoms with van der Waals surface area (Å²) in [6, 6.07) is 7.19. The SMILES string of the molecule is COC(=O)COc1ccc(C=CCC=O)cc1. The van der Waals surface area contributed by atoms with E-state index in [1.54, 1.807) is 18.2 Å². The maximum absolute atomic E-state index is 10.8. The van der Waals surface area contributed by atoms with Crippen LogP contribution in [0, 0.1) is 0 Å². The molecule has 0 bridgehead atoms. The molecule has 0 unspecified atom stereocenters. The molecule has 0 fully saturated rings. The van der Waals surface area contributed by atoms with Crippen molar-refractivity contribution in [3.63, 3.8) is 0 Å². The van der Waals surface area contributed by atoms with Gasteiger partial charge in [-0.05, 0) is 17.7 Å². The summed E-state index contributed by atoms with van der Waals surface area (Å²) in [6.07, 6.45) is 4.86. The lowest BCUT2D eigenvalue weighted by molar-refractivity contribution is -0.142. The smallest absolute Gasteiger partial charge is 0.343 e. The summed E-state index contributed by atoms with van der Waals surface area (Å²) < 4.78 is 9.64. The number of carbonyl (C=O) groups excluding carboxylic acids is 2. The number of allylic oxidation sites excluding steroid dienone is 1. The highest BCUT2D eigenvalue weighted by Gasteiger charge is 2.00. The van der Waals surface area contributed by atoms with Gasteiger partial charge in [0, 0.05) is 6.42 Å². The molecule has 1 aromatic carbocycles. The van der Waals surface area contributed by atoms with Gasteiger partial charge < -0.3 is 14.3 Å². The van der Waals surface area contributed by atoms with E-state index in [0.29, 0.717) is 12.2 Å². The summed E-state index contributed by atoms with van der Waals surface area (Å²) in [5.41, 5.74) is 0.970. The van der Waals surface area contributed by atoms with Crippen LogP contribution in [-0.4, -0.2) is 26.0 Å². The first-order valence-electron chi connectivity index (χ1n) is 5.16. The van der Waals surface area contributed by atoms with Crippen molar-refractivity contribution in [2.75, 3.05) is 13.7 Å². The molecule has 1 rings (SSSR count). The van der Waals surface area contributed by atoms with Gasteiger partial charge in [-0.25, -0.2) is 4.79 Å². The second kappa shape index (κ2) is 7.22. The van der Waals surface area contributed by atoms with Gasteiger partial charge in [0.15, 0.2) is 6.61 Å². The molecule has 0 spiro atoms. The minimum atomic E-state index is -0.417. The molecule has 4 nitrogen and oxygen atoms in total. The van der Waals surface area contributed by atoms with E-state index >= 15 is 0 Å². The molecule has 17 heavy (non-hydrogen) atoms. The lowest BCUT2D eigenvalue weighted by atomic mass is 10.2. The number of carbonyl (C=O) groups is 2. The Morgan fingerprint density at radius 2 is 2.00 bits per heavy atom. The molecule has 0 atom stereocenters. The molecule has 0 aliphatic carbocycles. The van der Waals surface area contributed by atoms with Crippen molar-refractivity contribution in [3.05, 3.63) is 35.9 Å². The number of rotatable bonds is 6. The standard InChI is InChI=1S/C13H14O4/c1-16-13(15)10-17-12-7-5-11(6-8-12)4-2-3-9-14/h2,4-9H,3,10H2,1H3. The molecule has 1 aromatic rings. The Hall–Kier alpha value is -2.10. The van der Waals surface area contributed by atoms with E-state index in [9.17, 15) is 9.59 Å². The van der Waals surface area contributed by atoms with Crippen LogP contribution in [0.4, 0.5) is 0 Å². The van der Waals surface area contributed by atoms with E-state index in [0.717, 1.165) is 11.8 Å². The van der Waals surface area contributed by atoms with Crippen molar-refractivity contribution in [2.24, 2.45) is 0 Å². The summed E-state index contributed by atoms with van der Waals surface area (Å²) in [4.78, 5) is 20.9. The summed E-state index contributed by atoms with van der Waals surface area (Å²) >= 11 is 0. The van der Waals surface area contributed by atoms with Crippen LogP contribution in [0.3, 0.4) is 0 Å². The quantitative estimate of drug-likeness (QED) is 0.556. The van der Waals surface area contributed by atoms with Crippen molar-refractivity contribution >= 4 is 18.3 Å². The van der Waals surface area contributed by atoms with Gasteiger partial charge in [0.05, 0.1) is 7.11 Å². The van der Waals surface area contributed by atoms with E-state index < -0.39 is 5.97 Å². The molecule has 90 valence electrons. The fourth-order valence-electron chi connectivity index (χ4n) is 1.14. The van der Waals surface area contributed by atoms with Gasteiger partial charge in [0.2, 0.25) is 0 Å². The van der Waals surface area contributed by atoms with Crippen molar-refractivity contribution < 1.29 is 19.1 Å². The Labute approximate surface area is 99.8 Å². The van der Waals surface area contributed by atoms with Crippen LogP contribution in [0.5, 0.6) is 5.75 Å². The van der Waals surface area contributed by atoms with Crippen LogP contribution < -0.4 is 4.74 Å². The summed E-state index contributed by atoms with van der Waals surface area (Å²) in [7, 11) is 1.31. The van der Waals surface area contributed by atoms with Crippen molar-refractivity contribution in [2.45, 2.75) is 6.42 Å². The molecule has 0 heterocycles. The average Bonchev–Trinajstić information content (AvgIpc) is 2.37. The second-order valence-electron chi connectivity index (χ2n) is 3.24. The van der Waals surface area contributed by atoms with Crippen LogP contribution in [0.25, 0.3) is 6.08 Å². The minimum Gasteiger partial charge on any atom is -0.482 e. The van der Waals surface area contributed by atoms with Gasteiger partial charge in [-0.2, -0.15) is 0 Å². The van der Waals surface area contributed by atoms with Gasteiger partial charge in [0.25, 0.3) is 0 Å². The zero-order valence-electron chi connectivity index (χ0n) is 9.59. The Morgan fingerprint density at radius 1 is 1.29 bits per heavy atom. The summed E-state index contributed by atoms with van der Waals surface area (Å²) in [5, 5.41) is 0. The molecule has 4 heteroatoms. The third-order valence-corrected chi connectivity index (χ3v) is 2.01. The third-order valence-electron chi connectivity index (χ3n) is 2.01. The first kappa shape index (κ1) is 13.0. The third kappa shape index (κ3) is 4.97. The Morgan fingerprint density at radius 3 is 2.59 bits per heavy atom. The highest BCUT2D eigenvalue weighted by molar-refractivity contribution is 5.70. The summed E-state index contributed by atoms with van der Waals surface area (Å²) in [5.74, 6) is 0.183. The van der Waals surface area contributed by atoms with Gasteiger partial charge >= 0.3 is 5.97 Å². The van der Waals surface area contributed by atoms with Gasteiger partial charge in [-0.15, -0.1) is 0 Å². The second-order valence-corrected chi connectivity index (χ2v) is 3.24. The predicted molar refractivity (Wildman–Crippen MR) is 63.7 cm³/mol. The van der Waals surface area contributed by atoms with Crippen LogP contribution >= 0.6 is 0 Å². The monoisotopic (exact) mass is 234 g/mol. The normalized spacial score (nSPS) is 10.2. The molecule has 0 N–H and O–H groups in total. The number of esters is 1. The lowest BCUT2D eigenvalue weighted by Crippen LogP contribution is -2.12.